The molecule has 49 heavy (non-hydrogen) atoms. The predicted octanol–water partition coefficient (Wildman–Crippen LogP) is 3.17. The van der Waals surface area contributed by atoms with Gasteiger partial charge in [0.05, 0.1) is 0 Å². The maximum Gasteiger partial charge on any atom is 0.318 e. The largest absolute Gasteiger partial charge is 0.349 e. The Kier molecular flexibility index (Phi) is 73.5. The highest BCUT2D eigenvalue weighted by molar-refractivity contribution is 5.73. The van der Waals surface area contributed by atoms with Crippen LogP contribution in [0.15, 0.2) is 0 Å². The highest BCUT2D eigenvalue weighted by Crippen LogP contribution is 1.83. The molecule has 0 spiro atoms. The number of hydrogen-bond donors (Lipinski definition) is 0. The Labute approximate surface area is 308 Å². The first-order valence-electron chi connectivity index (χ1n) is 15.5. The molecule has 14 nitrogen and oxygen atoms in total. The van der Waals surface area contributed by atoms with Gasteiger partial charge >= 0.3 is 6.03 Å². The molecular formula is C35H92N10O4. The lowest BCUT2D eigenvalue weighted by atomic mass is 10.7. The Bertz CT molecular complexity index is 614. The average Bonchev–Trinajstić information content (AvgIpc) is 2.88. The number of urea groups is 1. The summed E-state index contributed by atoms with van der Waals surface area (Å²) in [5.41, 5.74) is 0. The number of nitrogens with zero attached hydrogens (tertiary/aromatic N) is 10. The maximum absolute atomic E-state index is 10.7. The monoisotopic (exact) mass is 717 g/mol. The van der Waals surface area contributed by atoms with Gasteiger partial charge in [-0.1, -0.05) is 28.7 Å². The molecule has 0 aliphatic carbocycles. The fraction of sp³-hybridized carbons (Fsp3) is 0.886. The van der Waals surface area contributed by atoms with Gasteiger partial charge in [-0.2, -0.15) is 0 Å². The van der Waals surface area contributed by atoms with Crippen molar-refractivity contribution in [3.8, 4) is 0 Å². The van der Waals surface area contributed by atoms with Crippen LogP contribution in [0.4, 0.5) is 4.79 Å². The molecule has 14 heteroatoms. The van der Waals surface area contributed by atoms with Crippen LogP contribution in [0.1, 0.15) is 49.5 Å². The Hall–Kier alpha value is -2.52. The summed E-state index contributed by atoms with van der Waals surface area (Å²) in [6, 6.07) is 0.0185. The molecule has 0 atom stereocenters. The summed E-state index contributed by atoms with van der Waals surface area (Å²) in [4.78, 5) is 59.0. The second-order valence-electron chi connectivity index (χ2n) is 12.7. The van der Waals surface area contributed by atoms with Crippen LogP contribution in [0.2, 0.25) is 0 Å². The molecule has 0 aliphatic rings. The van der Waals surface area contributed by atoms with Gasteiger partial charge in [0.2, 0.25) is 17.7 Å². The van der Waals surface area contributed by atoms with Crippen LogP contribution in [0.3, 0.4) is 0 Å². The SMILES string of the molecule is C.C.CC(=O)N(C)C.CC(=O)N(C)C.CC(=O)N(C)C.CCN(C)C.CCN(C)C.CN(C)C.CN(C)C(=O)N(C)C.CN(C)CN(C)C. The van der Waals surface area contributed by atoms with Crippen LogP contribution in [0, 0.1) is 0 Å². The van der Waals surface area contributed by atoms with Gasteiger partial charge in [0, 0.05) is 97.9 Å². The number of carbonyl (C=O) groups excluding carboxylic acids is 4. The predicted molar refractivity (Wildman–Crippen MR) is 220 cm³/mol. The smallest absolute Gasteiger partial charge is 0.318 e. The summed E-state index contributed by atoms with van der Waals surface area (Å²) in [7, 11) is 39.7. The van der Waals surface area contributed by atoms with Crippen molar-refractivity contribution < 1.29 is 19.2 Å². The minimum absolute atomic E-state index is 0. The van der Waals surface area contributed by atoms with E-state index in [1.165, 1.54) is 45.3 Å². The van der Waals surface area contributed by atoms with Gasteiger partial charge < -0.3 is 39.2 Å². The fourth-order valence-corrected chi connectivity index (χ4v) is 0.966. The fourth-order valence-electron chi connectivity index (χ4n) is 0.966. The molecule has 0 saturated heterocycles. The lowest BCUT2D eigenvalue weighted by Crippen LogP contribution is -2.33. The average molecular weight is 717 g/mol. The topological polar surface area (TPSA) is 101 Å². The van der Waals surface area contributed by atoms with Gasteiger partial charge in [-0.15, -0.1) is 0 Å². The summed E-state index contributed by atoms with van der Waals surface area (Å²) in [5.74, 6) is 0.278. The molecule has 0 saturated carbocycles. The van der Waals surface area contributed by atoms with Crippen molar-refractivity contribution in [1.82, 2.24) is 49.0 Å². The van der Waals surface area contributed by atoms with Gasteiger partial charge in [0.25, 0.3) is 0 Å². The molecule has 306 valence electrons. The summed E-state index contributed by atoms with van der Waals surface area (Å²) in [5, 5.41) is 0. The standard InChI is InChI=1S/C5H12N2O.C5H14N2.3C4H9NO.2C4H11N.C3H9N.2CH4/c1-6(2)5(8)7(3)4;1-6(2)5-7(3)4;3*1-4(6)5(2)3;2*1-4-5(2)3;1-4(2)3;;/h1-4H3;5H2,1-4H3;3*1-3H3;2*4H2,1-3H3;1-3H3;2*1H4. The quantitative estimate of drug-likeness (QED) is 0.407. The van der Waals surface area contributed by atoms with Crippen LogP contribution >= 0.6 is 0 Å². The van der Waals surface area contributed by atoms with Crippen LogP contribution in [0.5, 0.6) is 0 Å². The van der Waals surface area contributed by atoms with E-state index in [4.69, 9.17) is 0 Å². The van der Waals surface area contributed by atoms with Crippen molar-refractivity contribution in [2.24, 2.45) is 0 Å². The summed E-state index contributed by atoms with van der Waals surface area (Å²) in [6.07, 6.45) is 0. The van der Waals surface area contributed by atoms with Crippen molar-refractivity contribution in [2.75, 3.05) is 168 Å². The van der Waals surface area contributed by atoms with Crippen LogP contribution in [-0.4, -0.2) is 241 Å². The number of rotatable bonds is 4. The normalized spacial score (nSPS) is 8.55. The van der Waals surface area contributed by atoms with Crippen LogP contribution in [0.25, 0.3) is 0 Å². The first kappa shape index (κ1) is 72.2. The van der Waals surface area contributed by atoms with Crippen molar-refractivity contribution in [3.63, 3.8) is 0 Å². The molecule has 0 aliphatic heterocycles. The zero-order valence-corrected chi connectivity index (χ0v) is 36.2. The third-order valence-electron chi connectivity index (χ3n) is 4.49. The zero-order valence-electron chi connectivity index (χ0n) is 36.2. The molecular weight excluding hydrogens is 624 g/mol. The molecule has 0 N–H and O–H groups in total. The lowest BCUT2D eigenvalue weighted by Gasteiger charge is -2.16. The van der Waals surface area contributed by atoms with E-state index in [1.54, 1.807) is 70.5 Å². The highest BCUT2D eigenvalue weighted by Gasteiger charge is 2.02. The van der Waals surface area contributed by atoms with Crippen LogP contribution in [-0.2, 0) is 14.4 Å². The summed E-state index contributed by atoms with van der Waals surface area (Å²) >= 11 is 0. The van der Waals surface area contributed by atoms with Crippen molar-refractivity contribution in [3.05, 3.63) is 0 Å². The lowest BCUT2D eigenvalue weighted by molar-refractivity contribution is -0.127. The van der Waals surface area contributed by atoms with E-state index in [1.807, 2.05) is 26.0 Å². The molecule has 0 bridgehead atoms. The van der Waals surface area contributed by atoms with E-state index in [9.17, 15) is 19.2 Å². The van der Waals surface area contributed by atoms with E-state index in [-0.39, 0.29) is 38.6 Å². The molecule has 5 amide bonds. The second kappa shape index (κ2) is 49.9. The van der Waals surface area contributed by atoms with Crippen molar-refractivity contribution in [2.45, 2.75) is 49.5 Å². The van der Waals surface area contributed by atoms with E-state index in [0.29, 0.717) is 0 Å². The highest BCUT2D eigenvalue weighted by atomic mass is 16.2. The molecule has 0 heterocycles. The van der Waals surface area contributed by atoms with Gasteiger partial charge in [-0.3, -0.25) is 24.2 Å². The molecule has 0 aromatic rings. The molecule has 0 aromatic heterocycles. The van der Waals surface area contributed by atoms with E-state index >= 15 is 0 Å². The van der Waals surface area contributed by atoms with Crippen LogP contribution < -0.4 is 0 Å². The van der Waals surface area contributed by atoms with Crippen molar-refractivity contribution in [1.29, 1.82) is 0 Å². The van der Waals surface area contributed by atoms with E-state index in [0.717, 1.165) is 19.8 Å². The molecule has 0 rings (SSSR count). The first-order valence-corrected chi connectivity index (χ1v) is 15.5. The Morgan fingerprint density at radius 2 is 0.469 bits per heavy atom. The van der Waals surface area contributed by atoms with Crippen molar-refractivity contribution >= 4 is 23.8 Å². The minimum atomic E-state index is 0. The minimum Gasteiger partial charge on any atom is -0.349 e. The Morgan fingerprint density at radius 1 is 0.347 bits per heavy atom. The molecule has 0 radical (unpaired) electrons. The second-order valence-corrected chi connectivity index (χ2v) is 12.7. The molecule has 0 unspecified atom stereocenters. The Morgan fingerprint density at radius 3 is 0.469 bits per heavy atom. The number of hydrogen-bond acceptors (Lipinski definition) is 9. The summed E-state index contributed by atoms with van der Waals surface area (Å²) in [6.45, 7) is 12.1. The van der Waals surface area contributed by atoms with E-state index in [2.05, 4.69) is 89.8 Å². The van der Waals surface area contributed by atoms with Gasteiger partial charge in [-0.25, -0.2) is 4.79 Å². The van der Waals surface area contributed by atoms with Gasteiger partial charge in [-0.05, 0) is 90.6 Å². The number of carbonyl (C=O) groups is 4. The zero-order chi connectivity index (χ0) is 40.2. The maximum atomic E-state index is 10.7. The first-order chi connectivity index (χ1) is 20.9. The van der Waals surface area contributed by atoms with E-state index < -0.39 is 0 Å². The summed E-state index contributed by atoms with van der Waals surface area (Å²) < 4.78 is 0. The molecule has 0 aromatic carbocycles. The molecule has 0 fully saturated rings. The number of amides is 5. The Balaban J connectivity index is -0.0000000444. The van der Waals surface area contributed by atoms with Gasteiger partial charge in [0.15, 0.2) is 0 Å². The third kappa shape index (κ3) is 132. The third-order valence-corrected chi connectivity index (χ3v) is 4.49. The van der Waals surface area contributed by atoms with Gasteiger partial charge in [0.1, 0.15) is 0 Å².